The Balaban J connectivity index is 1.94. The lowest BCUT2D eigenvalue weighted by atomic mass is 10.2. The highest BCUT2D eigenvalue weighted by atomic mass is 16.5. The van der Waals surface area contributed by atoms with Crippen LogP contribution in [-0.4, -0.2) is 22.3 Å². The lowest BCUT2D eigenvalue weighted by Gasteiger charge is -2.08. The number of nitrogens with zero attached hydrogens (tertiary/aromatic N) is 1. The summed E-state index contributed by atoms with van der Waals surface area (Å²) in [4.78, 5) is 4.03. The largest absolute Gasteiger partial charge is 0.504 e. The maximum absolute atomic E-state index is 9.66. The third kappa shape index (κ3) is 3.35. The summed E-state index contributed by atoms with van der Waals surface area (Å²) in [5.74, 6) is 0.381. The number of phenolic OH excluding ortho intramolecular Hbond substituents is 2. The Hall–Kier alpha value is -2.27. The number of hydrogen-bond acceptors (Lipinski definition) is 5. The van der Waals surface area contributed by atoms with Crippen LogP contribution in [0.3, 0.4) is 0 Å². The van der Waals surface area contributed by atoms with E-state index < -0.39 is 0 Å². The molecule has 0 aliphatic carbocycles. The van der Waals surface area contributed by atoms with Crippen molar-refractivity contribution in [1.29, 1.82) is 0 Å². The fraction of sp³-hybridized carbons (Fsp3) is 0.214. The normalized spacial score (nSPS) is 10.4. The quantitative estimate of drug-likeness (QED) is 0.715. The lowest BCUT2D eigenvalue weighted by molar-refractivity contribution is 0.396. The molecule has 1 heterocycles. The molecular formula is C14H16N2O3. The number of ether oxygens (including phenoxy) is 1. The Morgan fingerprint density at radius 3 is 2.84 bits per heavy atom. The van der Waals surface area contributed by atoms with Crippen LogP contribution < -0.4 is 10.1 Å². The Kier molecular flexibility index (Phi) is 4.20. The number of phenols is 2. The molecule has 3 N–H and O–H groups in total. The molecule has 2 rings (SSSR count). The van der Waals surface area contributed by atoms with Crippen LogP contribution in [-0.2, 0) is 13.1 Å². The van der Waals surface area contributed by atoms with Gasteiger partial charge in [0.05, 0.1) is 7.11 Å². The predicted molar refractivity (Wildman–Crippen MR) is 71.1 cm³/mol. The standard InChI is InChI=1S/C14H16N2O3/c1-19-13-7-10(5-6-16-13)8-15-9-11-3-2-4-12(17)14(11)18/h2-7,15,17-18H,8-9H2,1H3. The lowest BCUT2D eigenvalue weighted by Crippen LogP contribution is -2.12. The molecule has 2 aromatic rings. The van der Waals surface area contributed by atoms with Crippen molar-refractivity contribution < 1.29 is 14.9 Å². The fourth-order valence-corrected chi connectivity index (χ4v) is 1.73. The van der Waals surface area contributed by atoms with Crippen LogP contribution in [0.1, 0.15) is 11.1 Å². The van der Waals surface area contributed by atoms with E-state index in [1.165, 1.54) is 6.07 Å². The summed E-state index contributed by atoms with van der Waals surface area (Å²) in [5.41, 5.74) is 1.69. The Morgan fingerprint density at radius 1 is 1.21 bits per heavy atom. The number of para-hydroxylation sites is 1. The zero-order chi connectivity index (χ0) is 13.7. The van der Waals surface area contributed by atoms with Crippen molar-refractivity contribution in [3.05, 3.63) is 47.7 Å². The summed E-state index contributed by atoms with van der Waals surface area (Å²) in [7, 11) is 1.57. The van der Waals surface area contributed by atoms with Gasteiger partial charge in [0.25, 0.3) is 0 Å². The minimum Gasteiger partial charge on any atom is -0.504 e. The Bertz CT molecular complexity index is 558. The number of nitrogens with one attached hydrogen (secondary N) is 1. The molecule has 0 atom stereocenters. The minimum atomic E-state index is -0.107. The van der Waals surface area contributed by atoms with Gasteiger partial charge in [-0.1, -0.05) is 12.1 Å². The van der Waals surface area contributed by atoms with Crippen molar-refractivity contribution in [2.24, 2.45) is 0 Å². The van der Waals surface area contributed by atoms with Crippen LogP contribution in [0.15, 0.2) is 36.5 Å². The van der Waals surface area contributed by atoms with Crippen LogP contribution in [0.2, 0.25) is 0 Å². The predicted octanol–water partition coefficient (Wildman–Crippen LogP) is 1.79. The number of pyridine rings is 1. The Labute approximate surface area is 111 Å². The van der Waals surface area contributed by atoms with Gasteiger partial charge < -0.3 is 20.3 Å². The smallest absolute Gasteiger partial charge is 0.213 e. The highest BCUT2D eigenvalue weighted by Crippen LogP contribution is 2.27. The monoisotopic (exact) mass is 260 g/mol. The topological polar surface area (TPSA) is 74.6 Å². The average Bonchev–Trinajstić information content (AvgIpc) is 2.44. The summed E-state index contributed by atoms with van der Waals surface area (Å²) in [6, 6.07) is 8.64. The van der Waals surface area contributed by atoms with Gasteiger partial charge in [-0.05, 0) is 17.7 Å². The number of rotatable bonds is 5. The number of hydrogen-bond donors (Lipinski definition) is 3. The first kappa shape index (κ1) is 13.2. The van der Waals surface area contributed by atoms with Gasteiger partial charge in [0.1, 0.15) is 0 Å². The molecule has 1 aromatic heterocycles. The first-order chi connectivity index (χ1) is 9.20. The second kappa shape index (κ2) is 6.06. The molecule has 0 fully saturated rings. The second-order valence-corrected chi connectivity index (χ2v) is 4.09. The first-order valence-electron chi connectivity index (χ1n) is 5.90. The van der Waals surface area contributed by atoms with Crippen molar-refractivity contribution in [3.63, 3.8) is 0 Å². The van der Waals surface area contributed by atoms with E-state index in [9.17, 15) is 10.2 Å². The number of methoxy groups -OCH3 is 1. The van der Waals surface area contributed by atoms with E-state index in [2.05, 4.69) is 10.3 Å². The molecule has 5 heteroatoms. The van der Waals surface area contributed by atoms with E-state index in [0.717, 1.165) is 5.56 Å². The SMILES string of the molecule is COc1cc(CNCc2cccc(O)c2O)ccn1. The highest BCUT2D eigenvalue weighted by molar-refractivity contribution is 5.44. The fourth-order valence-electron chi connectivity index (χ4n) is 1.73. The van der Waals surface area contributed by atoms with Crippen molar-refractivity contribution in [1.82, 2.24) is 10.3 Å². The molecule has 0 amide bonds. The van der Waals surface area contributed by atoms with Gasteiger partial charge in [0.2, 0.25) is 5.88 Å². The molecule has 19 heavy (non-hydrogen) atoms. The summed E-state index contributed by atoms with van der Waals surface area (Å²) < 4.78 is 5.04. The molecule has 0 aliphatic heterocycles. The molecule has 100 valence electrons. The van der Waals surface area contributed by atoms with Crippen LogP contribution in [0.5, 0.6) is 17.4 Å². The van der Waals surface area contributed by atoms with Crippen molar-refractivity contribution in [2.75, 3.05) is 7.11 Å². The molecule has 0 bridgehead atoms. The summed E-state index contributed by atoms with van der Waals surface area (Å²) in [6.45, 7) is 1.08. The van der Waals surface area contributed by atoms with E-state index >= 15 is 0 Å². The third-order valence-corrected chi connectivity index (χ3v) is 2.75. The van der Waals surface area contributed by atoms with E-state index in [4.69, 9.17) is 4.74 Å². The van der Waals surface area contributed by atoms with Gasteiger partial charge in [-0.15, -0.1) is 0 Å². The first-order valence-corrected chi connectivity index (χ1v) is 5.90. The van der Waals surface area contributed by atoms with E-state index in [1.54, 1.807) is 25.4 Å². The zero-order valence-corrected chi connectivity index (χ0v) is 10.6. The summed E-state index contributed by atoms with van der Waals surface area (Å²) in [6.07, 6.45) is 1.68. The van der Waals surface area contributed by atoms with Gasteiger partial charge in [-0.3, -0.25) is 0 Å². The van der Waals surface area contributed by atoms with Crippen molar-refractivity contribution in [3.8, 4) is 17.4 Å². The van der Waals surface area contributed by atoms with E-state index in [-0.39, 0.29) is 11.5 Å². The zero-order valence-electron chi connectivity index (χ0n) is 10.6. The summed E-state index contributed by atoms with van der Waals surface area (Å²) in [5, 5.41) is 22.2. The van der Waals surface area contributed by atoms with Crippen LogP contribution >= 0.6 is 0 Å². The molecule has 0 spiro atoms. The van der Waals surface area contributed by atoms with E-state index in [0.29, 0.717) is 24.5 Å². The molecule has 0 radical (unpaired) electrons. The Morgan fingerprint density at radius 2 is 2.05 bits per heavy atom. The molecule has 0 saturated carbocycles. The van der Waals surface area contributed by atoms with Gasteiger partial charge in [0, 0.05) is 30.9 Å². The van der Waals surface area contributed by atoms with Crippen molar-refractivity contribution >= 4 is 0 Å². The third-order valence-electron chi connectivity index (χ3n) is 2.75. The maximum Gasteiger partial charge on any atom is 0.213 e. The van der Waals surface area contributed by atoms with Crippen molar-refractivity contribution in [2.45, 2.75) is 13.1 Å². The van der Waals surface area contributed by atoms with Gasteiger partial charge in [-0.25, -0.2) is 4.98 Å². The molecule has 1 aromatic carbocycles. The average molecular weight is 260 g/mol. The minimum absolute atomic E-state index is 0.0812. The van der Waals surface area contributed by atoms with Crippen LogP contribution in [0.25, 0.3) is 0 Å². The number of benzene rings is 1. The molecular weight excluding hydrogens is 244 g/mol. The maximum atomic E-state index is 9.66. The number of aromatic hydroxyl groups is 2. The molecule has 0 aliphatic rings. The van der Waals surface area contributed by atoms with Gasteiger partial charge in [0.15, 0.2) is 11.5 Å². The van der Waals surface area contributed by atoms with E-state index in [1.807, 2.05) is 12.1 Å². The molecule has 0 unspecified atom stereocenters. The van der Waals surface area contributed by atoms with Crippen LogP contribution in [0.4, 0.5) is 0 Å². The number of aromatic nitrogens is 1. The summed E-state index contributed by atoms with van der Waals surface area (Å²) >= 11 is 0. The van der Waals surface area contributed by atoms with Gasteiger partial charge >= 0.3 is 0 Å². The van der Waals surface area contributed by atoms with Crippen LogP contribution in [0, 0.1) is 0 Å². The molecule has 5 nitrogen and oxygen atoms in total. The van der Waals surface area contributed by atoms with Gasteiger partial charge in [-0.2, -0.15) is 0 Å². The highest BCUT2D eigenvalue weighted by Gasteiger charge is 2.05. The second-order valence-electron chi connectivity index (χ2n) is 4.09. The molecule has 0 saturated heterocycles.